The minimum absolute atomic E-state index is 0.0575. The number of sulfonamides is 1. The van der Waals surface area contributed by atoms with Crippen LogP contribution >= 0.6 is 11.6 Å². The normalized spacial score (nSPS) is 19.6. The first-order valence-electron chi connectivity index (χ1n) is 9.19. The van der Waals surface area contributed by atoms with Gasteiger partial charge in [-0.05, 0) is 48.4 Å². The largest absolute Gasteiger partial charge is 0.435 e. The average Bonchev–Trinajstić information content (AvgIpc) is 2.87. The van der Waals surface area contributed by atoms with Gasteiger partial charge in [0.25, 0.3) is 15.9 Å². The van der Waals surface area contributed by atoms with Crippen LogP contribution in [0.3, 0.4) is 0 Å². The van der Waals surface area contributed by atoms with Crippen LogP contribution in [-0.2, 0) is 14.8 Å². The Balaban J connectivity index is 2.05. The van der Waals surface area contributed by atoms with Crippen LogP contribution in [-0.4, -0.2) is 37.5 Å². The molecule has 0 bridgehead atoms. The van der Waals surface area contributed by atoms with Crippen LogP contribution in [0.1, 0.15) is 30.6 Å². The summed E-state index contributed by atoms with van der Waals surface area (Å²) >= 11 is 5.91. The van der Waals surface area contributed by atoms with Crippen LogP contribution in [0.2, 0.25) is 5.02 Å². The van der Waals surface area contributed by atoms with E-state index in [4.69, 9.17) is 11.6 Å². The van der Waals surface area contributed by atoms with E-state index in [1.807, 2.05) is 6.92 Å². The molecule has 160 valence electrons. The number of carbonyl (C=O) groups is 1. The Hall–Kier alpha value is -2.52. The molecule has 0 spiro atoms. The first-order valence-corrected chi connectivity index (χ1v) is 11.1. The van der Waals surface area contributed by atoms with E-state index >= 15 is 0 Å². The Labute approximate surface area is 178 Å². The van der Waals surface area contributed by atoms with Gasteiger partial charge in [-0.15, -0.1) is 0 Å². The summed E-state index contributed by atoms with van der Waals surface area (Å²) in [6.07, 6.45) is 1.23. The number of nitrogens with zero attached hydrogens (tertiary/aromatic N) is 2. The van der Waals surface area contributed by atoms with Crippen LogP contribution in [0.25, 0.3) is 0 Å². The number of amides is 1. The number of benzene rings is 2. The summed E-state index contributed by atoms with van der Waals surface area (Å²) in [4.78, 5) is 17.2. The highest BCUT2D eigenvalue weighted by Crippen LogP contribution is 2.36. The maximum Gasteiger partial charge on any atom is 0.387 e. The summed E-state index contributed by atoms with van der Waals surface area (Å²) in [6, 6.07) is 11.4. The molecule has 0 aliphatic carbocycles. The number of carbonyl (C=O) groups excluding carboxylic acids is 1. The molecule has 0 N–H and O–H groups in total. The van der Waals surface area contributed by atoms with E-state index in [1.54, 1.807) is 12.1 Å². The Kier molecular flexibility index (Phi) is 6.72. The monoisotopic (exact) mass is 456 g/mol. The van der Waals surface area contributed by atoms with Gasteiger partial charge in [0.05, 0.1) is 5.69 Å². The van der Waals surface area contributed by atoms with E-state index in [1.165, 1.54) is 36.4 Å². The summed E-state index contributed by atoms with van der Waals surface area (Å²) in [7, 11) is -4.02. The highest BCUT2D eigenvalue weighted by molar-refractivity contribution is 7.91. The van der Waals surface area contributed by atoms with Crippen molar-refractivity contribution in [1.29, 1.82) is 0 Å². The molecule has 0 radical (unpaired) electrons. The average molecular weight is 457 g/mol. The van der Waals surface area contributed by atoms with Crippen LogP contribution in [0.4, 0.5) is 14.5 Å². The second-order valence-corrected chi connectivity index (χ2v) is 8.96. The first-order chi connectivity index (χ1) is 14.2. The number of unbranched alkanes of at least 4 members (excludes halogenated alkanes) is 1. The second-order valence-electron chi connectivity index (χ2n) is 6.58. The molecule has 1 atom stereocenters. The predicted molar refractivity (Wildman–Crippen MR) is 110 cm³/mol. The highest BCUT2D eigenvalue weighted by atomic mass is 35.5. The fourth-order valence-electron chi connectivity index (χ4n) is 3.07. The Morgan fingerprint density at radius 1 is 1.13 bits per heavy atom. The maximum atomic E-state index is 13.2. The number of hydrogen-bond acceptors (Lipinski definition) is 5. The van der Waals surface area contributed by atoms with E-state index < -0.39 is 27.8 Å². The van der Waals surface area contributed by atoms with Gasteiger partial charge in [0, 0.05) is 11.6 Å². The van der Waals surface area contributed by atoms with Crippen molar-refractivity contribution in [3.63, 3.8) is 0 Å². The minimum Gasteiger partial charge on any atom is -0.435 e. The summed E-state index contributed by atoms with van der Waals surface area (Å²) in [5.41, 5.74) is 0.450. The van der Waals surface area contributed by atoms with E-state index in [0.29, 0.717) is 23.4 Å². The molecule has 6 nitrogen and oxygen atoms in total. The lowest BCUT2D eigenvalue weighted by Gasteiger charge is -2.16. The molecule has 1 fully saturated rings. The van der Waals surface area contributed by atoms with E-state index in [0.717, 1.165) is 4.31 Å². The van der Waals surface area contributed by atoms with Crippen LogP contribution in [0.5, 0.6) is 5.75 Å². The summed E-state index contributed by atoms with van der Waals surface area (Å²) in [5, 5.41) is -0.854. The molecular weight excluding hydrogens is 438 g/mol. The molecule has 0 aromatic heterocycles. The fourth-order valence-corrected chi connectivity index (χ4v) is 5.09. The zero-order chi connectivity index (χ0) is 21.9. The van der Waals surface area contributed by atoms with Gasteiger partial charge >= 0.3 is 6.61 Å². The van der Waals surface area contributed by atoms with E-state index in [2.05, 4.69) is 9.73 Å². The lowest BCUT2D eigenvalue weighted by atomic mass is 10.1. The number of halogens is 3. The molecule has 1 aliphatic rings. The molecule has 1 saturated heterocycles. The lowest BCUT2D eigenvalue weighted by molar-refractivity contribution is -0.119. The van der Waals surface area contributed by atoms with Crippen LogP contribution in [0.15, 0.2) is 53.5 Å². The predicted octanol–water partition coefficient (Wildman–Crippen LogP) is 4.73. The number of hydrogen-bond donors (Lipinski definition) is 0. The number of alkyl halides is 2. The third kappa shape index (κ3) is 4.62. The van der Waals surface area contributed by atoms with Crippen molar-refractivity contribution in [3.8, 4) is 5.75 Å². The second kappa shape index (κ2) is 9.09. The minimum atomic E-state index is -4.02. The standard InChI is InChI=1S/C20H19ClF2N2O4S/c1-2-3-12-25-19(26)17(24-15-8-10-16(11-9-15)29-20(22)23)18(30(25,27)28)13-4-6-14(21)7-5-13/h4-11,18,20H,2-3,12H2,1H3. The van der Waals surface area contributed by atoms with E-state index in [-0.39, 0.29) is 23.7 Å². The van der Waals surface area contributed by atoms with Gasteiger partial charge in [0.2, 0.25) is 0 Å². The Morgan fingerprint density at radius 2 is 1.77 bits per heavy atom. The SMILES string of the molecule is CCCCN1C(=O)C(=Nc2ccc(OC(F)F)cc2)C(c2ccc(Cl)cc2)S1(=O)=O. The van der Waals surface area contributed by atoms with Gasteiger partial charge in [-0.25, -0.2) is 17.7 Å². The number of ether oxygens (including phenoxy) is 1. The summed E-state index contributed by atoms with van der Waals surface area (Å²) in [6.45, 7) is -1.02. The molecular formula is C20H19ClF2N2O4S. The lowest BCUT2D eigenvalue weighted by Crippen LogP contribution is -2.31. The topological polar surface area (TPSA) is 76.0 Å². The first kappa shape index (κ1) is 22.2. The van der Waals surface area contributed by atoms with Gasteiger partial charge in [0.1, 0.15) is 11.5 Å². The van der Waals surface area contributed by atoms with Gasteiger partial charge in [0.15, 0.2) is 5.25 Å². The zero-order valence-corrected chi connectivity index (χ0v) is 17.5. The van der Waals surface area contributed by atoms with Crippen molar-refractivity contribution in [1.82, 2.24) is 4.31 Å². The van der Waals surface area contributed by atoms with Gasteiger partial charge in [-0.2, -0.15) is 8.78 Å². The molecule has 0 saturated carbocycles. The third-order valence-corrected chi connectivity index (χ3v) is 6.80. The van der Waals surface area contributed by atoms with Crippen molar-refractivity contribution < 1.29 is 26.7 Å². The van der Waals surface area contributed by atoms with Gasteiger partial charge in [-0.3, -0.25) is 4.79 Å². The maximum absolute atomic E-state index is 13.2. The number of aliphatic imine (C=N–C) groups is 1. The fraction of sp³-hybridized carbons (Fsp3) is 0.300. The van der Waals surface area contributed by atoms with Crippen LogP contribution in [0, 0.1) is 0 Å². The van der Waals surface area contributed by atoms with Gasteiger partial charge < -0.3 is 4.74 Å². The van der Waals surface area contributed by atoms with Crippen molar-refractivity contribution in [2.24, 2.45) is 4.99 Å². The summed E-state index contributed by atoms with van der Waals surface area (Å²) in [5.74, 6) is -0.769. The third-order valence-electron chi connectivity index (χ3n) is 4.50. The molecule has 10 heteroatoms. The Morgan fingerprint density at radius 3 is 2.33 bits per heavy atom. The quantitative estimate of drug-likeness (QED) is 0.603. The number of rotatable bonds is 7. The van der Waals surface area contributed by atoms with Crippen LogP contribution < -0.4 is 4.74 Å². The zero-order valence-electron chi connectivity index (χ0n) is 16.0. The van der Waals surface area contributed by atoms with Crippen molar-refractivity contribution in [2.75, 3.05) is 6.54 Å². The molecule has 2 aromatic rings. The molecule has 1 aliphatic heterocycles. The smallest absolute Gasteiger partial charge is 0.387 e. The molecule has 30 heavy (non-hydrogen) atoms. The van der Waals surface area contributed by atoms with Crippen molar-refractivity contribution >= 4 is 38.9 Å². The molecule has 2 aromatic carbocycles. The molecule has 1 heterocycles. The van der Waals surface area contributed by atoms with E-state index in [9.17, 15) is 22.0 Å². The van der Waals surface area contributed by atoms with Crippen molar-refractivity contribution in [2.45, 2.75) is 31.6 Å². The van der Waals surface area contributed by atoms with Crippen molar-refractivity contribution in [3.05, 3.63) is 59.1 Å². The molecule has 1 amide bonds. The highest BCUT2D eigenvalue weighted by Gasteiger charge is 2.50. The molecule has 3 rings (SSSR count). The van der Waals surface area contributed by atoms with Gasteiger partial charge in [-0.1, -0.05) is 37.1 Å². The Bertz CT molecular complexity index is 1040. The summed E-state index contributed by atoms with van der Waals surface area (Å²) < 4.78 is 56.1. The molecule has 1 unspecified atom stereocenters.